The summed E-state index contributed by atoms with van der Waals surface area (Å²) in [4.78, 5) is 4.65. The van der Waals surface area contributed by atoms with Gasteiger partial charge in [-0.05, 0) is 31.5 Å². The van der Waals surface area contributed by atoms with Gasteiger partial charge in [0, 0.05) is 11.8 Å². The number of hydrogen-bond acceptors (Lipinski definition) is 2. The van der Waals surface area contributed by atoms with E-state index in [1.807, 2.05) is 28.8 Å². The number of aryl methyl sites for hydroxylation is 2. The van der Waals surface area contributed by atoms with Gasteiger partial charge in [0.25, 0.3) is 0 Å². The summed E-state index contributed by atoms with van der Waals surface area (Å²) in [6.45, 7) is 4.13. The minimum atomic E-state index is -0.0200. The maximum atomic E-state index is 9.65. The predicted molar refractivity (Wildman–Crippen MR) is 76.0 cm³/mol. The number of imidazole rings is 1. The van der Waals surface area contributed by atoms with E-state index in [-0.39, 0.29) is 6.61 Å². The largest absolute Gasteiger partial charge is 0.390 e. The van der Waals surface area contributed by atoms with Crippen LogP contribution in [0.5, 0.6) is 0 Å². The monoisotopic (exact) mass is 252 g/mol. The molecule has 0 amide bonds. The lowest BCUT2D eigenvalue weighted by atomic mass is 10.0. The molecule has 3 rings (SSSR count). The molecule has 0 atom stereocenters. The number of nitrogens with zero attached hydrogens (tertiary/aromatic N) is 2. The van der Waals surface area contributed by atoms with Crippen LogP contribution in [0, 0.1) is 13.8 Å². The van der Waals surface area contributed by atoms with Crippen LogP contribution in [0.3, 0.4) is 0 Å². The second kappa shape index (κ2) is 4.52. The average Bonchev–Trinajstić information content (AvgIpc) is 2.76. The van der Waals surface area contributed by atoms with Crippen molar-refractivity contribution < 1.29 is 5.11 Å². The SMILES string of the molecule is Cc1ccc(-c2nc3ccccn3c2CO)c(C)c1. The normalized spacial score (nSPS) is 11.1. The van der Waals surface area contributed by atoms with Crippen molar-refractivity contribution in [3.8, 4) is 11.3 Å². The molecule has 3 aromatic rings. The zero-order valence-corrected chi connectivity index (χ0v) is 11.1. The maximum Gasteiger partial charge on any atom is 0.137 e. The highest BCUT2D eigenvalue weighted by molar-refractivity contribution is 5.69. The molecule has 2 heterocycles. The Labute approximate surface area is 112 Å². The first-order valence-electron chi connectivity index (χ1n) is 6.35. The van der Waals surface area contributed by atoms with Crippen LogP contribution in [-0.4, -0.2) is 14.5 Å². The fourth-order valence-electron chi connectivity index (χ4n) is 2.49. The lowest BCUT2D eigenvalue weighted by Gasteiger charge is -2.06. The van der Waals surface area contributed by atoms with E-state index in [2.05, 4.69) is 37.0 Å². The van der Waals surface area contributed by atoms with Crippen molar-refractivity contribution in [1.29, 1.82) is 0 Å². The molecule has 0 unspecified atom stereocenters. The summed E-state index contributed by atoms with van der Waals surface area (Å²) < 4.78 is 1.94. The number of hydrogen-bond donors (Lipinski definition) is 1. The molecule has 0 aliphatic rings. The molecule has 19 heavy (non-hydrogen) atoms. The molecule has 0 aliphatic heterocycles. The van der Waals surface area contributed by atoms with Crippen LogP contribution in [-0.2, 0) is 6.61 Å². The van der Waals surface area contributed by atoms with Crippen LogP contribution >= 0.6 is 0 Å². The average molecular weight is 252 g/mol. The summed E-state index contributed by atoms with van der Waals surface area (Å²) >= 11 is 0. The molecular formula is C16H16N2O. The molecule has 0 spiro atoms. The fraction of sp³-hybridized carbons (Fsp3) is 0.188. The molecular weight excluding hydrogens is 236 g/mol. The molecule has 0 saturated heterocycles. The molecule has 3 nitrogen and oxygen atoms in total. The van der Waals surface area contributed by atoms with Gasteiger partial charge < -0.3 is 9.51 Å². The highest BCUT2D eigenvalue weighted by atomic mass is 16.3. The highest BCUT2D eigenvalue weighted by Gasteiger charge is 2.14. The zero-order chi connectivity index (χ0) is 13.4. The van der Waals surface area contributed by atoms with E-state index < -0.39 is 0 Å². The maximum absolute atomic E-state index is 9.65. The van der Waals surface area contributed by atoms with Gasteiger partial charge in [-0.25, -0.2) is 4.98 Å². The van der Waals surface area contributed by atoms with E-state index in [1.165, 1.54) is 11.1 Å². The van der Waals surface area contributed by atoms with Crippen molar-refractivity contribution in [2.45, 2.75) is 20.5 Å². The van der Waals surface area contributed by atoms with Gasteiger partial charge in [0.05, 0.1) is 18.0 Å². The molecule has 0 fully saturated rings. The summed E-state index contributed by atoms with van der Waals surface area (Å²) in [6, 6.07) is 12.1. The molecule has 3 heteroatoms. The van der Waals surface area contributed by atoms with Crippen LogP contribution in [0.1, 0.15) is 16.8 Å². The first kappa shape index (κ1) is 11.9. The van der Waals surface area contributed by atoms with E-state index in [9.17, 15) is 5.11 Å². The summed E-state index contributed by atoms with van der Waals surface area (Å²) in [7, 11) is 0. The Balaban J connectivity index is 2.30. The second-order valence-corrected chi connectivity index (χ2v) is 4.81. The Morgan fingerprint density at radius 1 is 1.16 bits per heavy atom. The van der Waals surface area contributed by atoms with Crippen molar-refractivity contribution in [2.75, 3.05) is 0 Å². The Bertz CT molecular complexity index is 744. The number of aliphatic hydroxyl groups is 1. The van der Waals surface area contributed by atoms with Crippen molar-refractivity contribution in [2.24, 2.45) is 0 Å². The van der Waals surface area contributed by atoms with E-state index in [0.29, 0.717) is 0 Å². The van der Waals surface area contributed by atoms with Crippen LogP contribution in [0.15, 0.2) is 42.6 Å². The van der Waals surface area contributed by atoms with Crippen molar-refractivity contribution in [1.82, 2.24) is 9.38 Å². The molecule has 1 aromatic carbocycles. The smallest absolute Gasteiger partial charge is 0.137 e. The third kappa shape index (κ3) is 1.92. The summed E-state index contributed by atoms with van der Waals surface area (Å²) in [5.41, 5.74) is 6.06. The Kier molecular flexibility index (Phi) is 2.84. The number of fused-ring (bicyclic) bond motifs is 1. The third-order valence-corrected chi connectivity index (χ3v) is 3.42. The predicted octanol–water partition coefficient (Wildman–Crippen LogP) is 3.11. The van der Waals surface area contributed by atoms with E-state index in [4.69, 9.17) is 0 Å². The minimum absolute atomic E-state index is 0.0200. The quantitative estimate of drug-likeness (QED) is 0.761. The Morgan fingerprint density at radius 3 is 2.74 bits per heavy atom. The van der Waals surface area contributed by atoms with E-state index >= 15 is 0 Å². The second-order valence-electron chi connectivity index (χ2n) is 4.81. The number of pyridine rings is 1. The Hall–Kier alpha value is -2.13. The van der Waals surface area contributed by atoms with Gasteiger partial charge in [-0.2, -0.15) is 0 Å². The van der Waals surface area contributed by atoms with E-state index in [0.717, 1.165) is 22.6 Å². The fourth-order valence-corrected chi connectivity index (χ4v) is 2.49. The van der Waals surface area contributed by atoms with Gasteiger partial charge in [-0.3, -0.25) is 0 Å². The topological polar surface area (TPSA) is 37.5 Å². The van der Waals surface area contributed by atoms with Gasteiger partial charge in [0.15, 0.2) is 0 Å². The summed E-state index contributed by atoms with van der Waals surface area (Å²) in [5.74, 6) is 0. The zero-order valence-electron chi connectivity index (χ0n) is 11.1. The van der Waals surface area contributed by atoms with Gasteiger partial charge in [0.1, 0.15) is 5.65 Å². The number of aliphatic hydroxyl groups excluding tert-OH is 1. The molecule has 0 radical (unpaired) electrons. The lowest BCUT2D eigenvalue weighted by molar-refractivity contribution is 0.276. The van der Waals surface area contributed by atoms with Gasteiger partial charge >= 0.3 is 0 Å². The standard InChI is InChI=1S/C16H16N2O/c1-11-6-7-13(12(2)9-11)16-14(10-19)18-8-4-3-5-15(18)17-16/h3-9,19H,10H2,1-2H3. The van der Waals surface area contributed by atoms with E-state index in [1.54, 1.807) is 0 Å². The summed E-state index contributed by atoms with van der Waals surface area (Å²) in [6.07, 6.45) is 1.93. The lowest BCUT2D eigenvalue weighted by Crippen LogP contribution is -1.94. The number of benzene rings is 1. The molecule has 0 saturated carbocycles. The molecule has 96 valence electrons. The molecule has 0 aliphatic carbocycles. The van der Waals surface area contributed by atoms with Crippen molar-refractivity contribution in [3.63, 3.8) is 0 Å². The molecule has 2 aromatic heterocycles. The molecule has 0 bridgehead atoms. The summed E-state index contributed by atoms with van der Waals surface area (Å²) in [5, 5.41) is 9.65. The van der Waals surface area contributed by atoms with Crippen LogP contribution < -0.4 is 0 Å². The van der Waals surface area contributed by atoms with Crippen LogP contribution in [0.2, 0.25) is 0 Å². The highest BCUT2D eigenvalue weighted by Crippen LogP contribution is 2.27. The first-order chi connectivity index (χ1) is 9.20. The number of rotatable bonds is 2. The van der Waals surface area contributed by atoms with Gasteiger partial charge in [-0.1, -0.05) is 29.8 Å². The van der Waals surface area contributed by atoms with Gasteiger partial charge in [0.2, 0.25) is 0 Å². The molecule has 1 N–H and O–H groups in total. The first-order valence-corrected chi connectivity index (χ1v) is 6.35. The van der Waals surface area contributed by atoms with Gasteiger partial charge in [-0.15, -0.1) is 0 Å². The number of aromatic nitrogens is 2. The van der Waals surface area contributed by atoms with Crippen LogP contribution in [0.25, 0.3) is 16.9 Å². The van der Waals surface area contributed by atoms with Crippen molar-refractivity contribution >= 4 is 5.65 Å². The third-order valence-electron chi connectivity index (χ3n) is 3.42. The minimum Gasteiger partial charge on any atom is -0.390 e. The van der Waals surface area contributed by atoms with Crippen LogP contribution in [0.4, 0.5) is 0 Å². The van der Waals surface area contributed by atoms with Crippen molar-refractivity contribution in [3.05, 3.63) is 59.4 Å². The Morgan fingerprint density at radius 2 is 2.00 bits per heavy atom.